The Balaban J connectivity index is 1.67. The predicted molar refractivity (Wildman–Crippen MR) is 90.8 cm³/mol. The molecule has 0 radical (unpaired) electrons. The number of primary sulfonamides is 1. The highest BCUT2D eigenvalue weighted by Crippen LogP contribution is 2.42. The Hall–Kier alpha value is -2.06. The maximum atomic E-state index is 11.8. The van der Waals surface area contributed by atoms with Crippen LogP contribution in [-0.4, -0.2) is 34.7 Å². The molecule has 7 nitrogen and oxygen atoms in total. The molecule has 2 aliphatic carbocycles. The van der Waals surface area contributed by atoms with E-state index in [2.05, 4.69) is 20.3 Å². The quantitative estimate of drug-likeness (QED) is 0.844. The summed E-state index contributed by atoms with van der Waals surface area (Å²) in [6.07, 6.45) is 7.50. The molecule has 0 atom stereocenters. The zero-order valence-corrected chi connectivity index (χ0v) is 14.0. The first-order valence-corrected chi connectivity index (χ1v) is 9.60. The molecule has 1 fully saturated rings. The Morgan fingerprint density at radius 1 is 1.25 bits per heavy atom. The summed E-state index contributed by atoms with van der Waals surface area (Å²) < 4.78 is 22.7. The second-order valence-electron chi connectivity index (χ2n) is 6.50. The van der Waals surface area contributed by atoms with Gasteiger partial charge in [0, 0.05) is 35.8 Å². The molecule has 3 N–H and O–H groups in total. The zero-order valence-electron chi connectivity index (χ0n) is 13.2. The molecule has 0 aromatic carbocycles. The average molecular weight is 345 g/mol. The van der Waals surface area contributed by atoms with Crippen LogP contribution in [-0.2, 0) is 22.9 Å². The van der Waals surface area contributed by atoms with Crippen molar-refractivity contribution in [2.45, 2.75) is 36.9 Å². The zero-order chi connectivity index (χ0) is 16.8. The first-order valence-electron chi connectivity index (χ1n) is 8.05. The van der Waals surface area contributed by atoms with Crippen molar-refractivity contribution in [1.29, 1.82) is 0 Å². The number of nitrogens with zero attached hydrogens (tertiary/aromatic N) is 3. The molecule has 1 saturated carbocycles. The van der Waals surface area contributed by atoms with E-state index in [-0.39, 0.29) is 0 Å². The maximum absolute atomic E-state index is 11.8. The summed E-state index contributed by atoms with van der Waals surface area (Å²) in [5, 5.41) is 8.60. The number of fused-ring (bicyclic) bond motifs is 1. The number of aryl methyl sites for hydroxylation is 1. The summed E-state index contributed by atoms with van der Waals surface area (Å²) >= 11 is 0. The van der Waals surface area contributed by atoms with Crippen LogP contribution in [0.4, 0.5) is 5.82 Å². The minimum atomic E-state index is -3.55. The number of nitrogens with two attached hydrogens (primary N) is 1. The van der Waals surface area contributed by atoms with Crippen LogP contribution in [0.5, 0.6) is 0 Å². The fourth-order valence-electron chi connectivity index (χ4n) is 3.15. The third kappa shape index (κ3) is 2.65. The van der Waals surface area contributed by atoms with Crippen LogP contribution in [0, 0.1) is 0 Å². The van der Waals surface area contributed by atoms with Crippen LogP contribution in [0.3, 0.4) is 0 Å². The van der Waals surface area contributed by atoms with Crippen molar-refractivity contribution in [3.63, 3.8) is 0 Å². The standard InChI is InChI=1S/C16H19N5O2S/c17-24(22,23)16(6-7-16)10-19-15-12-4-1-5-13(12)20-14(21-15)11-3-2-8-18-9-11/h2-3,8-9H,1,4-7,10H2,(H2,17,22,23)(H,19,20,21). The van der Waals surface area contributed by atoms with Gasteiger partial charge in [-0.05, 0) is 44.2 Å². The van der Waals surface area contributed by atoms with Crippen LogP contribution in [0.1, 0.15) is 30.5 Å². The Bertz CT molecular complexity index is 879. The van der Waals surface area contributed by atoms with E-state index in [0.717, 1.165) is 41.9 Å². The first-order chi connectivity index (χ1) is 11.5. The molecule has 4 rings (SSSR count). The van der Waals surface area contributed by atoms with Crippen molar-refractivity contribution in [3.8, 4) is 11.4 Å². The molecule has 2 aromatic rings. The monoisotopic (exact) mass is 345 g/mol. The van der Waals surface area contributed by atoms with Crippen LogP contribution in [0.25, 0.3) is 11.4 Å². The normalized spacial score (nSPS) is 18.2. The molecular weight excluding hydrogens is 326 g/mol. The van der Waals surface area contributed by atoms with Crippen molar-refractivity contribution in [3.05, 3.63) is 35.8 Å². The molecule has 0 amide bonds. The third-order valence-corrected chi connectivity index (χ3v) is 6.60. The van der Waals surface area contributed by atoms with Gasteiger partial charge in [-0.25, -0.2) is 23.5 Å². The fraction of sp³-hybridized carbons (Fsp3) is 0.438. The van der Waals surface area contributed by atoms with Crippen molar-refractivity contribution >= 4 is 15.8 Å². The van der Waals surface area contributed by atoms with Gasteiger partial charge in [-0.2, -0.15) is 0 Å². The van der Waals surface area contributed by atoms with Crippen LogP contribution < -0.4 is 10.5 Å². The molecule has 0 unspecified atom stereocenters. The first kappa shape index (κ1) is 15.5. The van der Waals surface area contributed by atoms with Crippen LogP contribution in [0.15, 0.2) is 24.5 Å². The van der Waals surface area contributed by atoms with Crippen LogP contribution >= 0.6 is 0 Å². The molecule has 8 heteroatoms. The largest absolute Gasteiger partial charge is 0.368 e. The second-order valence-corrected chi connectivity index (χ2v) is 8.45. The third-order valence-electron chi connectivity index (χ3n) is 4.84. The van der Waals surface area contributed by atoms with E-state index >= 15 is 0 Å². The summed E-state index contributed by atoms with van der Waals surface area (Å²) in [6.45, 7) is 0.293. The van der Waals surface area contributed by atoms with Gasteiger partial charge >= 0.3 is 0 Å². The number of aromatic nitrogens is 3. The summed E-state index contributed by atoms with van der Waals surface area (Å²) in [5.41, 5.74) is 2.97. The van der Waals surface area contributed by atoms with E-state index in [4.69, 9.17) is 5.14 Å². The number of anilines is 1. The van der Waals surface area contributed by atoms with Crippen molar-refractivity contribution < 1.29 is 8.42 Å². The number of rotatable bonds is 5. The molecule has 126 valence electrons. The lowest BCUT2D eigenvalue weighted by Gasteiger charge is -2.16. The number of sulfonamides is 1. The van der Waals surface area contributed by atoms with E-state index in [9.17, 15) is 8.42 Å². The summed E-state index contributed by atoms with van der Waals surface area (Å²) in [7, 11) is -3.55. The van der Waals surface area contributed by atoms with Gasteiger partial charge in [0.2, 0.25) is 10.0 Å². The number of nitrogens with one attached hydrogen (secondary N) is 1. The smallest absolute Gasteiger partial charge is 0.216 e. The second kappa shape index (κ2) is 5.49. The van der Waals surface area contributed by atoms with E-state index in [1.807, 2.05) is 12.1 Å². The van der Waals surface area contributed by atoms with Crippen molar-refractivity contribution in [2.24, 2.45) is 5.14 Å². The number of pyridine rings is 1. The van der Waals surface area contributed by atoms with Gasteiger partial charge in [0.25, 0.3) is 0 Å². The molecule has 0 spiro atoms. The molecule has 0 saturated heterocycles. The van der Waals surface area contributed by atoms with Crippen LogP contribution in [0.2, 0.25) is 0 Å². The van der Waals surface area contributed by atoms with E-state index < -0.39 is 14.8 Å². The summed E-state index contributed by atoms with van der Waals surface area (Å²) in [4.78, 5) is 13.4. The van der Waals surface area contributed by atoms with E-state index in [1.54, 1.807) is 12.4 Å². The number of hydrogen-bond acceptors (Lipinski definition) is 6. The van der Waals surface area contributed by atoms with E-state index in [1.165, 1.54) is 0 Å². The minimum Gasteiger partial charge on any atom is -0.368 e. The highest BCUT2D eigenvalue weighted by molar-refractivity contribution is 7.90. The molecule has 24 heavy (non-hydrogen) atoms. The lowest BCUT2D eigenvalue weighted by molar-refractivity contribution is 0.581. The Labute approximate surface area is 140 Å². The Kier molecular flexibility index (Phi) is 3.54. The SMILES string of the molecule is NS(=O)(=O)C1(CNc2nc(-c3cccnc3)nc3c2CCC3)CC1. The molecule has 2 heterocycles. The predicted octanol–water partition coefficient (Wildman–Crippen LogP) is 1.26. The number of hydrogen-bond donors (Lipinski definition) is 2. The van der Waals surface area contributed by atoms with Gasteiger partial charge in [-0.1, -0.05) is 0 Å². The summed E-state index contributed by atoms with van der Waals surface area (Å²) in [5.74, 6) is 1.35. The summed E-state index contributed by atoms with van der Waals surface area (Å²) in [6, 6.07) is 3.76. The highest BCUT2D eigenvalue weighted by atomic mass is 32.2. The van der Waals surface area contributed by atoms with Gasteiger partial charge in [0.15, 0.2) is 5.82 Å². The topological polar surface area (TPSA) is 111 Å². The van der Waals surface area contributed by atoms with Gasteiger partial charge in [-0.3, -0.25) is 4.98 Å². The van der Waals surface area contributed by atoms with Gasteiger partial charge in [0.1, 0.15) is 10.6 Å². The molecular formula is C16H19N5O2S. The van der Waals surface area contributed by atoms with E-state index in [0.29, 0.717) is 25.2 Å². The van der Waals surface area contributed by atoms with Gasteiger partial charge in [-0.15, -0.1) is 0 Å². The maximum Gasteiger partial charge on any atom is 0.216 e. The lowest BCUT2D eigenvalue weighted by Crippen LogP contribution is -2.36. The highest BCUT2D eigenvalue weighted by Gasteiger charge is 2.52. The van der Waals surface area contributed by atoms with Gasteiger partial charge in [0.05, 0.1) is 0 Å². The molecule has 0 bridgehead atoms. The molecule has 0 aliphatic heterocycles. The Morgan fingerprint density at radius 2 is 2.08 bits per heavy atom. The lowest BCUT2D eigenvalue weighted by atomic mass is 10.2. The fourth-order valence-corrected chi connectivity index (χ4v) is 4.09. The van der Waals surface area contributed by atoms with Crippen molar-refractivity contribution in [1.82, 2.24) is 15.0 Å². The van der Waals surface area contributed by atoms with Crippen molar-refractivity contribution in [2.75, 3.05) is 11.9 Å². The average Bonchev–Trinajstić information content (AvgIpc) is 3.23. The Morgan fingerprint density at radius 3 is 2.75 bits per heavy atom. The molecule has 2 aromatic heterocycles. The molecule has 2 aliphatic rings. The minimum absolute atomic E-state index is 0.293. The van der Waals surface area contributed by atoms with Gasteiger partial charge < -0.3 is 5.32 Å².